The van der Waals surface area contributed by atoms with Crippen LogP contribution in [0.15, 0.2) is 53.5 Å². The number of hydrogen-bond acceptors (Lipinski definition) is 5. The first kappa shape index (κ1) is 22.6. The zero-order valence-electron chi connectivity index (χ0n) is 16.3. The summed E-state index contributed by atoms with van der Waals surface area (Å²) >= 11 is 8.69. The van der Waals surface area contributed by atoms with Crippen LogP contribution in [0.1, 0.15) is 32.3 Å². The van der Waals surface area contributed by atoms with E-state index in [0.29, 0.717) is 6.54 Å². The quantitative estimate of drug-likeness (QED) is 0.368. The van der Waals surface area contributed by atoms with Gasteiger partial charge < -0.3 is 19.9 Å². The third-order valence-corrected chi connectivity index (χ3v) is 4.91. The summed E-state index contributed by atoms with van der Waals surface area (Å²) in [5, 5.41) is 7.94. The number of nitrogens with zero attached hydrogens (tertiary/aromatic N) is 1. The van der Waals surface area contributed by atoms with Crippen molar-refractivity contribution >= 4 is 41.7 Å². The molecule has 28 heavy (non-hydrogen) atoms. The molecule has 1 spiro atoms. The highest BCUT2D eigenvalue weighted by atomic mass is 35.5. The summed E-state index contributed by atoms with van der Waals surface area (Å²) in [6, 6.07) is 16.2. The van der Waals surface area contributed by atoms with Gasteiger partial charge in [-0.2, -0.15) is 0 Å². The molecule has 7 heteroatoms. The van der Waals surface area contributed by atoms with Crippen LogP contribution >= 0.6 is 24.5 Å². The fourth-order valence-electron chi connectivity index (χ4n) is 3.32. The summed E-state index contributed by atoms with van der Waals surface area (Å²) in [6.07, 6.45) is 1.78. The Morgan fingerprint density at radius 3 is 2.43 bits per heavy atom. The standard InChI is InChI=1S/C19H20ClN3O.C2H6.H2OS/c20-15-6-7-16-17(12-15)23-19(8-10-24-11-9-19)18(22-16)21-13-14-4-2-1-3-5-14;2*1-2/h1-7,12,23H,8-11,13H2,(H,21,22);1-2H3;1-2H. The number of fused-ring (bicyclic) bond motifs is 1. The van der Waals surface area contributed by atoms with Crippen LogP contribution in [0.2, 0.25) is 5.02 Å². The highest BCUT2D eigenvalue weighted by Gasteiger charge is 2.41. The smallest absolute Gasteiger partial charge is 0.127 e. The molecule has 2 aromatic carbocycles. The molecule has 2 aliphatic rings. The Morgan fingerprint density at radius 2 is 1.75 bits per heavy atom. The Kier molecular flexibility index (Phi) is 9.12. The Labute approximate surface area is 177 Å². The molecule has 0 unspecified atom stereocenters. The fraction of sp³-hybridized carbons (Fsp3) is 0.381. The summed E-state index contributed by atoms with van der Waals surface area (Å²) in [5.41, 5.74) is 3.05. The van der Waals surface area contributed by atoms with Crippen LogP contribution in [0, 0.1) is 0 Å². The third kappa shape index (κ3) is 5.41. The van der Waals surface area contributed by atoms with Gasteiger partial charge in [0.15, 0.2) is 0 Å². The molecule has 4 rings (SSSR count). The summed E-state index contributed by atoms with van der Waals surface area (Å²) in [5.74, 6) is 0.990. The zero-order valence-corrected chi connectivity index (χ0v) is 17.9. The maximum atomic E-state index is 6.69. The van der Waals surface area contributed by atoms with Crippen molar-refractivity contribution in [3.63, 3.8) is 0 Å². The number of benzene rings is 2. The van der Waals surface area contributed by atoms with E-state index >= 15 is 0 Å². The molecule has 0 amide bonds. The van der Waals surface area contributed by atoms with E-state index in [9.17, 15) is 0 Å². The van der Waals surface area contributed by atoms with Gasteiger partial charge >= 0.3 is 0 Å². The second-order valence-corrected chi connectivity index (χ2v) is 6.72. The minimum absolute atomic E-state index is 0.204. The molecule has 5 nitrogen and oxygen atoms in total. The van der Waals surface area contributed by atoms with Gasteiger partial charge in [0.1, 0.15) is 5.84 Å². The van der Waals surface area contributed by atoms with E-state index in [1.165, 1.54) is 5.56 Å². The molecule has 2 heterocycles. The molecule has 0 aromatic heterocycles. The van der Waals surface area contributed by atoms with Crippen LogP contribution in [0.4, 0.5) is 11.4 Å². The van der Waals surface area contributed by atoms with Crippen molar-refractivity contribution in [2.24, 2.45) is 4.99 Å². The maximum Gasteiger partial charge on any atom is 0.127 e. The number of ether oxygens (including phenoxy) is 1. The molecule has 0 aliphatic carbocycles. The van der Waals surface area contributed by atoms with Crippen LogP contribution in [0.3, 0.4) is 0 Å². The number of amidine groups is 1. The minimum atomic E-state index is -0.204. The van der Waals surface area contributed by atoms with Gasteiger partial charge in [0.25, 0.3) is 0 Å². The van der Waals surface area contributed by atoms with Crippen molar-refractivity contribution in [3.8, 4) is 0 Å². The van der Waals surface area contributed by atoms with Crippen LogP contribution in [0.5, 0.6) is 0 Å². The predicted octanol–water partition coefficient (Wildman–Crippen LogP) is 5.74. The summed E-state index contributed by atoms with van der Waals surface area (Å²) < 4.78 is 12.3. The average Bonchev–Trinajstić information content (AvgIpc) is 2.76. The third-order valence-electron chi connectivity index (χ3n) is 4.67. The van der Waals surface area contributed by atoms with Gasteiger partial charge in [-0.1, -0.05) is 55.8 Å². The molecular weight excluding hydrogens is 394 g/mol. The Hall–Kier alpha value is -1.73. The molecule has 152 valence electrons. The second kappa shape index (κ2) is 11.3. The molecule has 0 saturated carbocycles. The van der Waals surface area contributed by atoms with Gasteiger partial charge in [0.05, 0.1) is 23.5 Å². The van der Waals surface area contributed by atoms with Crippen LogP contribution in [0.25, 0.3) is 0 Å². The molecule has 1 saturated heterocycles. The summed E-state index contributed by atoms with van der Waals surface area (Å²) in [4.78, 5) is 4.91. The average molecular weight is 422 g/mol. The molecule has 0 atom stereocenters. The lowest BCUT2D eigenvalue weighted by molar-refractivity contribution is 0.0778. The highest BCUT2D eigenvalue weighted by molar-refractivity contribution is 7.74. The van der Waals surface area contributed by atoms with E-state index in [4.69, 9.17) is 25.9 Å². The van der Waals surface area contributed by atoms with E-state index < -0.39 is 0 Å². The van der Waals surface area contributed by atoms with Crippen molar-refractivity contribution in [1.82, 2.24) is 0 Å². The number of hydrogen-bond donors (Lipinski definition) is 4. The summed E-state index contributed by atoms with van der Waals surface area (Å²) in [7, 11) is 0. The SMILES string of the molecule is CC.Clc1ccc2c(c1)NC1(CCOCC1)C(=NCc1ccccc1)N2.OS. The second-order valence-electron chi connectivity index (χ2n) is 6.28. The van der Waals surface area contributed by atoms with Gasteiger partial charge in [-0.15, -0.1) is 0 Å². The lowest BCUT2D eigenvalue weighted by Crippen LogP contribution is -2.55. The van der Waals surface area contributed by atoms with Crippen molar-refractivity contribution in [2.75, 3.05) is 23.8 Å². The van der Waals surface area contributed by atoms with E-state index in [1.54, 1.807) is 0 Å². The van der Waals surface area contributed by atoms with Gasteiger partial charge in [0, 0.05) is 31.1 Å². The van der Waals surface area contributed by atoms with Crippen molar-refractivity contribution in [1.29, 1.82) is 0 Å². The Balaban J connectivity index is 0.000000660. The van der Waals surface area contributed by atoms with Crippen molar-refractivity contribution in [2.45, 2.75) is 38.8 Å². The molecule has 3 N–H and O–H groups in total. The van der Waals surface area contributed by atoms with E-state index in [2.05, 4.69) is 35.7 Å². The van der Waals surface area contributed by atoms with Gasteiger partial charge in [-0.3, -0.25) is 4.99 Å². The van der Waals surface area contributed by atoms with Crippen molar-refractivity contribution in [3.05, 3.63) is 59.1 Å². The molecule has 0 radical (unpaired) electrons. The molecule has 2 aliphatic heterocycles. The number of rotatable bonds is 2. The lowest BCUT2D eigenvalue weighted by Gasteiger charge is -2.43. The van der Waals surface area contributed by atoms with Crippen molar-refractivity contribution < 1.29 is 9.29 Å². The number of anilines is 2. The maximum absolute atomic E-state index is 6.69. The van der Waals surface area contributed by atoms with Gasteiger partial charge in [-0.05, 0) is 36.7 Å². The minimum Gasteiger partial charge on any atom is -0.381 e. The van der Waals surface area contributed by atoms with Gasteiger partial charge in [0.2, 0.25) is 0 Å². The zero-order chi connectivity index (χ0) is 20.4. The molecule has 2 aromatic rings. The molecule has 0 bridgehead atoms. The number of halogens is 1. The predicted molar refractivity (Wildman–Crippen MR) is 122 cm³/mol. The van der Waals surface area contributed by atoms with E-state index in [0.717, 1.165) is 48.3 Å². The molecular formula is C21H28ClN3O2S. The normalized spacial score (nSPS) is 17.8. The Morgan fingerprint density at radius 1 is 1.07 bits per heavy atom. The topological polar surface area (TPSA) is 65.9 Å². The number of aliphatic imine (C=N–C) groups is 1. The van der Waals surface area contributed by atoms with E-state index in [1.807, 2.05) is 50.2 Å². The highest BCUT2D eigenvalue weighted by Crippen LogP contribution is 2.38. The first-order valence-electron chi connectivity index (χ1n) is 9.47. The van der Waals surface area contributed by atoms with Gasteiger partial charge in [-0.25, -0.2) is 0 Å². The number of thiol groups is 1. The molecule has 1 fully saturated rings. The number of nitrogens with one attached hydrogen (secondary N) is 2. The summed E-state index contributed by atoms with van der Waals surface area (Å²) in [6.45, 7) is 6.13. The first-order valence-corrected chi connectivity index (χ1v) is 10.2. The first-order chi connectivity index (χ1) is 13.8. The largest absolute Gasteiger partial charge is 0.381 e. The lowest BCUT2D eigenvalue weighted by atomic mass is 9.86. The van der Waals surface area contributed by atoms with Crippen LogP contribution in [-0.4, -0.2) is 29.1 Å². The van der Waals surface area contributed by atoms with Crippen LogP contribution < -0.4 is 10.6 Å². The van der Waals surface area contributed by atoms with Crippen LogP contribution in [-0.2, 0) is 11.3 Å². The Bertz CT molecular complexity index is 766. The van der Waals surface area contributed by atoms with E-state index in [-0.39, 0.29) is 5.54 Å². The monoisotopic (exact) mass is 421 g/mol. The fourth-order valence-corrected chi connectivity index (χ4v) is 3.49.